The molecular formula is C29H32BrN3O5S. The van der Waals surface area contributed by atoms with Crippen LogP contribution in [0, 0.1) is 27.7 Å². The van der Waals surface area contributed by atoms with Crippen molar-refractivity contribution in [2.24, 2.45) is 0 Å². The molecule has 1 aliphatic rings. The molecule has 0 bridgehead atoms. The van der Waals surface area contributed by atoms with Gasteiger partial charge in [0.2, 0.25) is 5.91 Å². The van der Waals surface area contributed by atoms with Crippen LogP contribution in [0.2, 0.25) is 0 Å². The zero-order valence-electron chi connectivity index (χ0n) is 22.6. The molecule has 1 aliphatic heterocycles. The number of carbonyl (C=O) groups excluding carboxylic acids is 2. The first-order chi connectivity index (χ1) is 18.4. The highest BCUT2D eigenvalue weighted by Gasteiger charge is 2.35. The van der Waals surface area contributed by atoms with Gasteiger partial charge in [-0.2, -0.15) is 0 Å². The number of piperazine rings is 1. The van der Waals surface area contributed by atoms with Crippen molar-refractivity contribution in [3.8, 4) is 5.75 Å². The summed E-state index contributed by atoms with van der Waals surface area (Å²) in [6, 6.07) is 15.1. The first-order valence-corrected chi connectivity index (χ1v) is 14.8. The van der Waals surface area contributed by atoms with Crippen molar-refractivity contribution in [2.75, 3.05) is 31.0 Å². The maximum Gasteiger partial charge on any atom is 0.264 e. The Morgan fingerprint density at radius 3 is 2.28 bits per heavy atom. The summed E-state index contributed by atoms with van der Waals surface area (Å²) in [6.07, 6.45) is 0. The number of amides is 2. The molecule has 3 aromatic rings. The third kappa shape index (κ3) is 5.67. The first-order valence-electron chi connectivity index (χ1n) is 12.5. The second kappa shape index (κ2) is 11.4. The van der Waals surface area contributed by atoms with Crippen LogP contribution in [0.4, 0.5) is 5.69 Å². The highest BCUT2D eigenvalue weighted by Crippen LogP contribution is 2.32. The van der Waals surface area contributed by atoms with Crippen LogP contribution in [0.3, 0.4) is 0 Å². The molecule has 1 fully saturated rings. The molecule has 0 aromatic heterocycles. The average Bonchev–Trinajstić information content (AvgIpc) is 2.91. The molecule has 1 saturated heterocycles. The molecule has 39 heavy (non-hydrogen) atoms. The number of hydrogen-bond donors (Lipinski definition) is 1. The maximum absolute atomic E-state index is 13.6. The van der Waals surface area contributed by atoms with Crippen LogP contribution in [-0.4, -0.2) is 51.9 Å². The van der Waals surface area contributed by atoms with Crippen LogP contribution >= 0.6 is 15.9 Å². The van der Waals surface area contributed by atoms with Crippen molar-refractivity contribution in [1.82, 2.24) is 10.2 Å². The van der Waals surface area contributed by atoms with Gasteiger partial charge < -0.3 is 15.0 Å². The van der Waals surface area contributed by atoms with Gasteiger partial charge in [-0.1, -0.05) is 40.2 Å². The maximum atomic E-state index is 13.6. The second-order valence-corrected chi connectivity index (χ2v) is 12.4. The Balaban J connectivity index is 1.48. The van der Waals surface area contributed by atoms with Crippen LogP contribution in [0.25, 0.3) is 0 Å². The minimum Gasteiger partial charge on any atom is -0.484 e. The zero-order chi connectivity index (χ0) is 28.5. The molecule has 8 nitrogen and oxygen atoms in total. The number of sulfonamides is 1. The van der Waals surface area contributed by atoms with Crippen LogP contribution in [0.5, 0.6) is 5.75 Å². The lowest BCUT2D eigenvalue weighted by Gasteiger charge is -2.35. The third-order valence-electron chi connectivity index (χ3n) is 7.21. The normalized spacial score (nSPS) is 15.6. The smallest absolute Gasteiger partial charge is 0.264 e. The number of nitrogens with one attached hydrogen (secondary N) is 1. The third-order valence-corrected chi connectivity index (χ3v) is 9.99. The van der Waals surface area contributed by atoms with Crippen molar-refractivity contribution in [2.45, 2.75) is 38.6 Å². The fraction of sp³-hybridized carbons (Fsp3) is 0.310. The quantitative estimate of drug-likeness (QED) is 0.420. The van der Waals surface area contributed by atoms with E-state index in [9.17, 15) is 18.0 Å². The van der Waals surface area contributed by atoms with Gasteiger partial charge in [-0.25, -0.2) is 8.42 Å². The summed E-state index contributed by atoms with van der Waals surface area (Å²) in [5, 5.41) is 2.82. The Hall–Kier alpha value is -3.37. The summed E-state index contributed by atoms with van der Waals surface area (Å²) in [5.41, 5.74) is 4.48. The van der Waals surface area contributed by atoms with Crippen molar-refractivity contribution >= 4 is 43.5 Å². The van der Waals surface area contributed by atoms with E-state index >= 15 is 0 Å². The van der Waals surface area contributed by atoms with Gasteiger partial charge in [0.25, 0.3) is 15.9 Å². The van der Waals surface area contributed by atoms with E-state index in [-0.39, 0.29) is 18.4 Å². The van der Waals surface area contributed by atoms with Crippen molar-refractivity contribution in [3.63, 3.8) is 0 Å². The number of anilines is 1. The Morgan fingerprint density at radius 1 is 1.05 bits per heavy atom. The fourth-order valence-electron chi connectivity index (χ4n) is 4.77. The first kappa shape index (κ1) is 28.6. The molecule has 1 unspecified atom stereocenters. The predicted octanol–water partition coefficient (Wildman–Crippen LogP) is 4.59. The predicted molar refractivity (Wildman–Crippen MR) is 155 cm³/mol. The second-order valence-electron chi connectivity index (χ2n) is 9.65. The van der Waals surface area contributed by atoms with E-state index < -0.39 is 16.1 Å². The Bertz CT molecular complexity index is 1500. The summed E-state index contributed by atoms with van der Waals surface area (Å²) < 4.78 is 34.9. The highest BCUT2D eigenvalue weighted by molar-refractivity contribution is 9.10. The summed E-state index contributed by atoms with van der Waals surface area (Å²) >= 11 is 3.48. The average molecular weight is 615 g/mol. The van der Waals surface area contributed by atoms with Crippen LogP contribution in [0.1, 0.15) is 33.9 Å². The number of rotatable bonds is 7. The Labute approximate surface area is 238 Å². The van der Waals surface area contributed by atoms with Gasteiger partial charge in [0.1, 0.15) is 11.8 Å². The Morgan fingerprint density at radius 2 is 1.67 bits per heavy atom. The van der Waals surface area contributed by atoms with Crippen LogP contribution in [0.15, 0.2) is 64.0 Å². The number of ether oxygens (including phenoxy) is 1. The largest absolute Gasteiger partial charge is 0.484 e. The Kier molecular flexibility index (Phi) is 8.37. The molecule has 0 saturated carbocycles. The summed E-state index contributed by atoms with van der Waals surface area (Å²) in [4.78, 5) is 27.6. The van der Waals surface area contributed by atoms with E-state index in [2.05, 4.69) is 21.2 Å². The van der Waals surface area contributed by atoms with Crippen molar-refractivity contribution in [3.05, 3.63) is 86.9 Å². The van der Waals surface area contributed by atoms with Crippen LogP contribution in [-0.2, 0) is 19.6 Å². The van der Waals surface area contributed by atoms with Crippen molar-refractivity contribution < 1.29 is 22.7 Å². The highest BCUT2D eigenvalue weighted by atomic mass is 79.9. The number of hydrogen-bond acceptors (Lipinski definition) is 5. The van der Waals surface area contributed by atoms with E-state index in [4.69, 9.17) is 4.74 Å². The molecule has 206 valence electrons. The molecule has 0 spiro atoms. The number of benzene rings is 3. The molecule has 0 radical (unpaired) electrons. The number of carbonyl (C=O) groups is 2. The summed E-state index contributed by atoms with van der Waals surface area (Å²) in [6.45, 7) is 7.92. The molecule has 1 N–H and O–H groups in total. The van der Waals surface area contributed by atoms with E-state index in [1.54, 1.807) is 24.3 Å². The minimum atomic E-state index is -3.80. The fourth-order valence-corrected chi connectivity index (χ4v) is 7.04. The molecule has 1 heterocycles. The van der Waals surface area contributed by atoms with Gasteiger partial charge in [0.05, 0.1) is 10.6 Å². The zero-order valence-corrected chi connectivity index (χ0v) is 25.0. The lowest BCUT2D eigenvalue weighted by atomic mass is 10.0. The van der Waals surface area contributed by atoms with Crippen LogP contribution < -0.4 is 14.4 Å². The molecular weight excluding hydrogens is 582 g/mol. The standard InChI is InChI=1S/C29H32BrN3O5S/c1-18-16-19(2)21(4)28(20(18)3)39(36,37)32(5)22-10-12-23(13-11-22)38-17-26(34)33-15-14-31-29(35)27(33)24-8-6-7-9-25(24)30/h6-13,16,27H,14-15,17H2,1-5H3,(H,31,35). The SMILES string of the molecule is Cc1cc(C)c(C)c(S(=O)(=O)N(C)c2ccc(OCC(=O)N3CCNC(=O)C3c3ccccc3Br)cc2)c1C. The molecule has 1 atom stereocenters. The molecule has 4 rings (SSSR count). The lowest BCUT2D eigenvalue weighted by Crippen LogP contribution is -2.53. The van der Waals surface area contributed by atoms with Crippen molar-refractivity contribution in [1.29, 1.82) is 0 Å². The molecule has 0 aliphatic carbocycles. The van der Waals surface area contributed by atoms with Gasteiger partial charge in [-0.15, -0.1) is 0 Å². The summed E-state index contributed by atoms with van der Waals surface area (Å²) in [7, 11) is -2.28. The lowest BCUT2D eigenvalue weighted by molar-refractivity contribution is -0.145. The van der Waals surface area contributed by atoms with Gasteiger partial charge in [-0.3, -0.25) is 13.9 Å². The monoisotopic (exact) mass is 613 g/mol. The van der Waals surface area contributed by atoms with E-state index in [1.807, 2.05) is 58.0 Å². The summed E-state index contributed by atoms with van der Waals surface area (Å²) in [5.74, 6) is -0.157. The molecule has 2 amide bonds. The van der Waals surface area contributed by atoms with Gasteiger partial charge >= 0.3 is 0 Å². The van der Waals surface area contributed by atoms with E-state index in [0.717, 1.165) is 26.7 Å². The number of aryl methyl sites for hydroxylation is 2. The number of halogens is 1. The van der Waals surface area contributed by atoms with E-state index in [0.29, 0.717) is 35.0 Å². The van der Waals surface area contributed by atoms with E-state index in [1.165, 1.54) is 16.3 Å². The number of nitrogens with zero attached hydrogens (tertiary/aromatic N) is 2. The van der Waals surface area contributed by atoms with Gasteiger partial charge in [0, 0.05) is 24.6 Å². The molecule has 3 aromatic carbocycles. The minimum absolute atomic E-state index is 0.246. The van der Waals surface area contributed by atoms with Gasteiger partial charge in [-0.05, 0) is 85.8 Å². The van der Waals surface area contributed by atoms with Gasteiger partial charge in [0.15, 0.2) is 6.61 Å². The molecule has 10 heteroatoms. The topological polar surface area (TPSA) is 96.0 Å².